The number of nitrogens with zero attached hydrogens (tertiary/aromatic N) is 3. The van der Waals surface area contributed by atoms with E-state index in [-0.39, 0.29) is 61.3 Å². The number of pyridine rings is 1. The normalized spacial score (nSPS) is 16.2. The van der Waals surface area contributed by atoms with Crippen LogP contribution >= 0.6 is 0 Å². The number of carbonyl (C=O) groups excluding carboxylic acids is 4. The molecule has 0 spiro atoms. The highest BCUT2D eigenvalue weighted by Crippen LogP contribution is 2.51. The molecule has 3 heterocycles. The molecule has 0 bridgehead atoms. The average molecular weight is 1050 g/mol. The molecule has 0 aliphatic carbocycles. The van der Waals surface area contributed by atoms with Crippen LogP contribution < -0.4 is 4.90 Å². The van der Waals surface area contributed by atoms with Crippen LogP contribution in [-0.4, -0.2) is 108 Å². The highest BCUT2D eigenvalue weighted by atomic mass is 32.2. The second kappa shape index (κ2) is 23.7. The molecule has 1 aromatic heterocycles. The molecule has 390 valence electrons. The Morgan fingerprint density at radius 3 is 1.71 bits per heavy atom. The van der Waals surface area contributed by atoms with Gasteiger partial charge in [-0.05, 0) is 105 Å². The number of hydrogen-bond donors (Lipinski definition) is 3. The van der Waals surface area contributed by atoms with Gasteiger partial charge in [-0.1, -0.05) is 47.1 Å². The van der Waals surface area contributed by atoms with E-state index in [9.17, 15) is 58.1 Å². The van der Waals surface area contributed by atoms with Gasteiger partial charge in [0.25, 0.3) is 30.4 Å². The maximum atomic E-state index is 14.2. The number of ketones is 4. The molecule has 0 amide bonds. The van der Waals surface area contributed by atoms with Crippen molar-refractivity contribution in [3.8, 4) is 0 Å². The van der Waals surface area contributed by atoms with Gasteiger partial charge in [-0.15, -0.1) is 0 Å². The number of carbonyl (C=O) groups is 4. The van der Waals surface area contributed by atoms with Crippen LogP contribution in [0.4, 0.5) is 11.4 Å². The van der Waals surface area contributed by atoms with Gasteiger partial charge in [0, 0.05) is 102 Å². The molecule has 72 heavy (non-hydrogen) atoms. The average Bonchev–Trinajstić information content (AvgIpc) is 3.64. The van der Waals surface area contributed by atoms with E-state index in [1.54, 1.807) is 23.0 Å². The van der Waals surface area contributed by atoms with Crippen molar-refractivity contribution in [3.63, 3.8) is 0 Å². The van der Waals surface area contributed by atoms with Gasteiger partial charge in [0.15, 0.2) is 28.8 Å². The first kappa shape index (κ1) is 57.6. The number of anilines is 1. The van der Waals surface area contributed by atoms with Crippen LogP contribution in [-0.2, 0) is 41.2 Å². The SMILES string of the molecule is CCCCN1C(=CC=C(C=CC2=[N+](CCCS(=O)(=O)O)c3cc(C(=O)CCCS(=O)(=O)O)cc(C(=O)CCCS(=O)(=O)O)c3C2(C)C)c2ccncc2)C(C)(C)c2c(C(=O)CCC)cc(C(=O)CCC)cc21. The van der Waals surface area contributed by atoms with Crippen molar-refractivity contribution in [2.24, 2.45) is 0 Å². The van der Waals surface area contributed by atoms with Crippen LogP contribution in [0.25, 0.3) is 5.57 Å². The zero-order valence-electron chi connectivity index (χ0n) is 42.2. The Morgan fingerprint density at radius 2 is 1.14 bits per heavy atom. The number of rotatable bonds is 27. The summed E-state index contributed by atoms with van der Waals surface area (Å²) in [6.07, 6.45) is 13.4. The van der Waals surface area contributed by atoms with Gasteiger partial charge in [-0.3, -0.25) is 37.8 Å². The lowest BCUT2D eigenvalue weighted by molar-refractivity contribution is -0.437. The molecule has 5 rings (SSSR count). The molecule has 2 aromatic carbocycles. The Kier molecular flexibility index (Phi) is 19.0. The van der Waals surface area contributed by atoms with Gasteiger partial charge >= 0.3 is 0 Å². The van der Waals surface area contributed by atoms with E-state index in [1.165, 1.54) is 12.1 Å². The lowest BCUT2D eigenvalue weighted by Gasteiger charge is -2.27. The maximum Gasteiger partial charge on any atom is 0.265 e. The van der Waals surface area contributed by atoms with Crippen molar-refractivity contribution in [1.82, 2.24) is 4.98 Å². The topological polar surface area (TPSA) is 251 Å². The van der Waals surface area contributed by atoms with Crippen molar-refractivity contribution >= 4 is 76.1 Å². The summed E-state index contributed by atoms with van der Waals surface area (Å²) >= 11 is 0. The molecule has 0 fully saturated rings. The number of Topliss-reactive ketones (excluding diaryl/α,β-unsaturated/α-hetero) is 4. The number of unbranched alkanes of at least 4 members (excludes halogenated alkanes) is 1. The van der Waals surface area contributed by atoms with E-state index < -0.39 is 70.0 Å². The summed E-state index contributed by atoms with van der Waals surface area (Å²) in [5.74, 6) is -3.16. The fourth-order valence-electron chi connectivity index (χ4n) is 9.72. The predicted molar refractivity (Wildman–Crippen MR) is 280 cm³/mol. The Labute approximate surface area is 424 Å². The maximum absolute atomic E-state index is 14.2. The first-order valence-corrected chi connectivity index (χ1v) is 29.3. The predicted octanol–water partition coefficient (Wildman–Crippen LogP) is 9.52. The van der Waals surface area contributed by atoms with Crippen LogP contribution in [0.2, 0.25) is 0 Å². The highest BCUT2D eigenvalue weighted by Gasteiger charge is 2.48. The molecule has 19 heteroatoms. The number of hydrogen-bond acceptors (Lipinski definition) is 12. The van der Waals surface area contributed by atoms with E-state index in [4.69, 9.17) is 0 Å². The third kappa shape index (κ3) is 14.3. The van der Waals surface area contributed by atoms with Gasteiger partial charge in [-0.25, -0.2) is 0 Å². The third-order valence-corrected chi connectivity index (χ3v) is 15.5. The molecule has 3 aromatic rings. The van der Waals surface area contributed by atoms with Gasteiger partial charge in [0.05, 0.1) is 28.2 Å². The summed E-state index contributed by atoms with van der Waals surface area (Å²) in [6, 6.07) is 10.3. The monoisotopic (exact) mass is 1050 g/mol. The molecule has 2 aliphatic rings. The second-order valence-electron chi connectivity index (χ2n) is 19.5. The van der Waals surface area contributed by atoms with Crippen molar-refractivity contribution in [3.05, 3.63) is 118 Å². The smallest absolute Gasteiger partial charge is 0.265 e. The molecule has 0 atom stereocenters. The fourth-order valence-corrected chi connectivity index (χ4v) is 11.2. The Bertz CT molecular complexity index is 3060. The number of benzene rings is 2. The van der Waals surface area contributed by atoms with Crippen molar-refractivity contribution in [1.29, 1.82) is 0 Å². The third-order valence-electron chi connectivity index (χ3n) is 13.1. The zero-order chi connectivity index (χ0) is 53.4. The van der Waals surface area contributed by atoms with Crippen LogP contribution in [0, 0.1) is 0 Å². The Balaban J connectivity index is 1.75. The fraction of sp³-hybridized carbons (Fsp3) is 0.472. The Hall–Kier alpha value is -5.31. The molecule has 0 radical (unpaired) electrons. The summed E-state index contributed by atoms with van der Waals surface area (Å²) in [7, 11) is -13.2. The van der Waals surface area contributed by atoms with Crippen molar-refractivity contribution in [2.45, 2.75) is 130 Å². The number of aromatic nitrogens is 1. The largest absolute Gasteiger partial charge is 0.344 e. The molecule has 3 N–H and O–H groups in total. The van der Waals surface area contributed by atoms with Gasteiger partial charge in [0.2, 0.25) is 5.69 Å². The minimum absolute atomic E-state index is 0.0150. The number of fused-ring (bicyclic) bond motifs is 2. The van der Waals surface area contributed by atoms with E-state index in [0.717, 1.165) is 35.4 Å². The summed E-state index contributed by atoms with van der Waals surface area (Å²) in [4.78, 5) is 61.8. The minimum atomic E-state index is -4.43. The van der Waals surface area contributed by atoms with E-state index >= 15 is 0 Å². The van der Waals surface area contributed by atoms with Crippen LogP contribution in [0.15, 0.2) is 78.8 Å². The first-order valence-electron chi connectivity index (χ1n) is 24.4. The summed E-state index contributed by atoms with van der Waals surface area (Å²) in [5, 5.41) is 0. The van der Waals surface area contributed by atoms with Gasteiger partial charge in [0.1, 0.15) is 6.54 Å². The van der Waals surface area contributed by atoms with E-state index in [2.05, 4.69) is 30.7 Å². The molecule has 0 saturated carbocycles. The highest BCUT2D eigenvalue weighted by molar-refractivity contribution is 7.86. The lowest BCUT2D eigenvalue weighted by Crippen LogP contribution is -2.29. The van der Waals surface area contributed by atoms with Crippen LogP contribution in [0.3, 0.4) is 0 Å². The molecule has 0 unspecified atom stereocenters. The van der Waals surface area contributed by atoms with Crippen molar-refractivity contribution < 1.29 is 62.7 Å². The van der Waals surface area contributed by atoms with Crippen LogP contribution in [0.5, 0.6) is 0 Å². The minimum Gasteiger partial charge on any atom is -0.344 e. The molecule has 0 saturated heterocycles. The van der Waals surface area contributed by atoms with Gasteiger partial charge in [-0.2, -0.15) is 29.8 Å². The quantitative estimate of drug-likeness (QED) is 0.0278. The van der Waals surface area contributed by atoms with Crippen molar-refractivity contribution in [2.75, 3.05) is 35.2 Å². The zero-order valence-corrected chi connectivity index (χ0v) is 44.7. The summed E-state index contributed by atoms with van der Waals surface area (Å²) in [6.45, 7) is 14.4. The first-order chi connectivity index (χ1) is 33.6. The van der Waals surface area contributed by atoms with Gasteiger partial charge < -0.3 is 4.90 Å². The second-order valence-corrected chi connectivity index (χ2v) is 24.2. The molecular formula is C53H68N3O13S3+. The number of allylic oxidation sites excluding steroid dienone is 6. The lowest BCUT2D eigenvalue weighted by atomic mass is 9.77. The van der Waals surface area contributed by atoms with E-state index in [1.807, 2.05) is 70.2 Å². The molecular weight excluding hydrogens is 983 g/mol. The standard InChI is InChI=1S/C53H67N3O13S3/c1-8-11-27-55-42-34-38(44(57)15-9-2)32-40(46(59)16-10-3)50(42)52(4,5)48(55)21-19-36(37-23-25-54-26-24-37)20-22-49-53(6,7)51-41(47(60)18-13-30-71(64,65)66)33-39(45(58)17-12-29-70(61,62)63)35-43(51)56(49)28-14-31-72(67,68)69/h19-26,32-35H,8-18,27-31H2,1-7H3,(H2-,61,62,63,64,65,66,67,68,69)/p+1. The summed E-state index contributed by atoms with van der Waals surface area (Å²) < 4.78 is 101. The molecule has 16 nitrogen and oxygen atoms in total. The Morgan fingerprint density at radius 1 is 0.625 bits per heavy atom. The van der Waals surface area contributed by atoms with E-state index in [0.29, 0.717) is 65.9 Å². The molecule has 2 aliphatic heterocycles. The summed E-state index contributed by atoms with van der Waals surface area (Å²) in [5.41, 5.74) is 4.74. The van der Waals surface area contributed by atoms with Crippen LogP contribution in [0.1, 0.15) is 177 Å².